The molecule has 0 atom stereocenters. The minimum absolute atomic E-state index is 0.491. The third-order valence-electron chi connectivity index (χ3n) is 1.89. The van der Waals surface area contributed by atoms with Crippen LogP contribution in [0.3, 0.4) is 0 Å². The Morgan fingerprint density at radius 1 is 0.850 bits per heavy atom. The Labute approximate surface area is 131 Å². The number of thiocarbonyl (C=S) groups is 2. The summed E-state index contributed by atoms with van der Waals surface area (Å²) in [6, 6.07) is 0. The largest absolute Gasteiger partial charge is 0.361 e. The van der Waals surface area contributed by atoms with E-state index in [0.717, 1.165) is 13.1 Å². The monoisotopic (exact) mass is 316 g/mol. The molecular weight excluding hydrogens is 292 g/mol. The summed E-state index contributed by atoms with van der Waals surface area (Å²) in [7, 11) is 0. The first-order valence-electron chi connectivity index (χ1n) is 6.54. The molecule has 0 bridgehead atoms. The normalized spacial score (nSPS) is 11.3. The molecule has 0 saturated carbocycles. The van der Waals surface area contributed by atoms with E-state index < -0.39 is 0 Å². The molecule has 20 heavy (non-hydrogen) atoms. The summed E-state index contributed by atoms with van der Waals surface area (Å²) in [5.74, 6) is 1.06. The number of hydrogen-bond acceptors (Lipinski definition) is 4. The third kappa shape index (κ3) is 13.2. The van der Waals surface area contributed by atoms with E-state index >= 15 is 0 Å². The zero-order valence-corrected chi connectivity index (χ0v) is 14.1. The van der Waals surface area contributed by atoms with Gasteiger partial charge in [0.2, 0.25) is 0 Å². The Bertz CT molecular complexity index is 318. The highest BCUT2D eigenvalue weighted by Crippen LogP contribution is 1.86. The molecule has 4 N–H and O–H groups in total. The van der Waals surface area contributed by atoms with Crippen molar-refractivity contribution in [2.45, 2.75) is 27.7 Å². The van der Waals surface area contributed by atoms with Gasteiger partial charge in [0, 0.05) is 13.1 Å². The number of hydrogen-bond donors (Lipinski definition) is 4. The predicted octanol–water partition coefficient (Wildman–Crippen LogP) is 1.20. The van der Waals surface area contributed by atoms with Gasteiger partial charge in [0.05, 0.1) is 12.4 Å². The summed E-state index contributed by atoms with van der Waals surface area (Å²) in [5.41, 5.74) is 5.38. The molecule has 8 heteroatoms. The summed E-state index contributed by atoms with van der Waals surface area (Å²) in [4.78, 5) is 0. The van der Waals surface area contributed by atoms with Crippen LogP contribution in [0, 0.1) is 11.8 Å². The van der Waals surface area contributed by atoms with Crippen LogP contribution < -0.4 is 21.5 Å². The molecule has 0 aliphatic carbocycles. The van der Waals surface area contributed by atoms with E-state index in [0.29, 0.717) is 22.1 Å². The fourth-order valence-electron chi connectivity index (χ4n) is 0.931. The van der Waals surface area contributed by atoms with E-state index in [1.54, 1.807) is 0 Å². The molecule has 0 unspecified atom stereocenters. The van der Waals surface area contributed by atoms with E-state index in [-0.39, 0.29) is 0 Å². The highest BCUT2D eigenvalue weighted by atomic mass is 32.1. The van der Waals surface area contributed by atoms with Crippen LogP contribution in [0.2, 0.25) is 0 Å². The summed E-state index contributed by atoms with van der Waals surface area (Å²) in [6.07, 6.45) is 2.98. The maximum Gasteiger partial charge on any atom is 0.186 e. The van der Waals surface area contributed by atoms with Gasteiger partial charge in [0.25, 0.3) is 0 Å². The molecule has 0 amide bonds. The first-order valence-corrected chi connectivity index (χ1v) is 7.35. The molecule has 0 aliphatic heterocycles. The second-order valence-corrected chi connectivity index (χ2v) is 5.80. The predicted molar refractivity (Wildman–Crippen MR) is 94.1 cm³/mol. The molecule has 0 rings (SSSR count). The quantitative estimate of drug-likeness (QED) is 0.321. The minimum atomic E-state index is 0.491. The molecule has 0 radical (unpaired) electrons. The van der Waals surface area contributed by atoms with Gasteiger partial charge in [-0.05, 0) is 36.3 Å². The Kier molecular flexibility index (Phi) is 10.8. The molecule has 0 aliphatic rings. The van der Waals surface area contributed by atoms with E-state index in [1.165, 1.54) is 12.4 Å². The van der Waals surface area contributed by atoms with Gasteiger partial charge in [-0.2, -0.15) is 10.2 Å². The lowest BCUT2D eigenvalue weighted by molar-refractivity contribution is 0.621. The summed E-state index contributed by atoms with van der Waals surface area (Å²) >= 11 is 10.0. The molecule has 0 fully saturated rings. The molecular formula is C12H24N6S2. The zero-order chi connectivity index (χ0) is 15.4. The highest BCUT2D eigenvalue weighted by molar-refractivity contribution is 7.80. The maximum absolute atomic E-state index is 5.02. The van der Waals surface area contributed by atoms with E-state index in [9.17, 15) is 0 Å². The Morgan fingerprint density at radius 2 is 1.20 bits per heavy atom. The fourth-order valence-corrected chi connectivity index (χ4v) is 1.20. The average molecular weight is 317 g/mol. The number of hydrazone groups is 2. The molecule has 0 aromatic heterocycles. The molecule has 0 saturated heterocycles. The van der Waals surface area contributed by atoms with E-state index in [4.69, 9.17) is 24.4 Å². The lowest BCUT2D eigenvalue weighted by Crippen LogP contribution is -2.35. The van der Waals surface area contributed by atoms with Gasteiger partial charge >= 0.3 is 0 Å². The molecule has 0 spiro atoms. The molecule has 6 nitrogen and oxygen atoms in total. The van der Waals surface area contributed by atoms with Crippen molar-refractivity contribution in [3.05, 3.63) is 0 Å². The van der Waals surface area contributed by atoms with Crippen LogP contribution >= 0.6 is 24.4 Å². The molecule has 114 valence electrons. The van der Waals surface area contributed by atoms with Crippen molar-refractivity contribution in [1.29, 1.82) is 0 Å². The molecule has 0 heterocycles. The van der Waals surface area contributed by atoms with Crippen LogP contribution in [-0.2, 0) is 0 Å². The Balaban J connectivity index is 3.70. The van der Waals surface area contributed by atoms with E-state index in [1.807, 2.05) is 0 Å². The average Bonchev–Trinajstić information content (AvgIpc) is 2.37. The molecule has 0 aromatic rings. The number of nitrogens with zero attached hydrogens (tertiary/aromatic N) is 2. The van der Waals surface area contributed by atoms with Crippen molar-refractivity contribution in [1.82, 2.24) is 21.5 Å². The van der Waals surface area contributed by atoms with Crippen LogP contribution in [0.1, 0.15) is 27.7 Å². The summed E-state index contributed by atoms with van der Waals surface area (Å²) in [5, 5.41) is 14.8. The van der Waals surface area contributed by atoms with E-state index in [2.05, 4.69) is 59.4 Å². The van der Waals surface area contributed by atoms with Gasteiger partial charge in [-0.3, -0.25) is 10.9 Å². The van der Waals surface area contributed by atoms with Crippen molar-refractivity contribution < 1.29 is 0 Å². The van der Waals surface area contributed by atoms with Crippen molar-refractivity contribution in [2.75, 3.05) is 13.1 Å². The van der Waals surface area contributed by atoms with Gasteiger partial charge in [-0.25, -0.2) is 0 Å². The van der Waals surface area contributed by atoms with Crippen LogP contribution in [0.25, 0.3) is 0 Å². The maximum atomic E-state index is 5.02. The first kappa shape index (κ1) is 18.7. The topological polar surface area (TPSA) is 72.8 Å². The van der Waals surface area contributed by atoms with Gasteiger partial charge in [-0.15, -0.1) is 0 Å². The van der Waals surface area contributed by atoms with Crippen LogP contribution in [-0.4, -0.2) is 35.7 Å². The second-order valence-electron chi connectivity index (χ2n) is 4.99. The SMILES string of the molecule is CC(C)CNC(=S)NN=CC=NNC(=S)NCC(C)C. The Morgan fingerprint density at radius 3 is 1.50 bits per heavy atom. The van der Waals surface area contributed by atoms with Gasteiger partial charge < -0.3 is 10.6 Å². The second kappa shape index (κ2) is 11.5. The van der Waals surface area contributed by atoms with Crippen molar-refractivity contribution >= 4 is 47.1 Å². The Hall–Kier alpha value is -1.28. The smallest absolute Gasteiger partial charge is 0.186 e. The number of nitrogens with one attached hydrogen (secondary N) is 4. The van der Waals surface area contributed by atoms with Gasteiger partial charge in [0.1, 0.15) is 0 Å². The van der Waals surface area contributed by atoms with Gasteiger partial charge in [-0.1, -0.05) is 27.7 Å². The summed E-state index contributed by atoms with van der Waals surface area (Å²) in [6.45, 7) is 10.0. The van der Waals surface area contributed by atoms with Crippen molar-refractivity contribution in [3.63, 3.8) is 0 Å². The van der Waals surface area contributed by atoms with Crippen molar-refractivity contribution in [2.24, 2.45) is 22.0 Å². The van der Waals surface area contributed by atoms with Crippen molar-refractivity contribution in [3.8, 4) is 0 Å². The van der Waals surface area contributed by atoms with Gasteiger partial charge in [0.15, 0.2) is 10.2 Å². The lowest BCUT2D eigenvalue weighted by atomic mass is 10.2. The lowest BCUT2D eigenvalue weighted by Gasteiger charge is -2.08. The standard InChI is InChI=1S/C12H24N6S2/c1-9(2)7-13-11(19)17-15-5-6-16-18-12(20)14-8-10(3)4/h5-6,9-10H,7-8H2,1-4H3,(H2,13,17,19)(H2,14,18,20). The highest BCUT2D eigenvalue weighted by Gasteiger charge is 1.95. The third-order valence-corrected chi connectivity index (χ3v) is 2.36. The van der Waals surface area contributed by atoms with Crippen LogP contribution in [0.4, 0.5) is 0 Å². The number of rotatable bonds is 7. The first-order chi connectivity index (χ1) is 9.41. The zero-order valence-electron chi connectivity index (χ0n) is 12.4. The van der Waals surface area contributed by atoms with Crippen LogP contribution in [0.5, 0.6) is 0 Å². The van der Waals surface area contributed by atoms with Crippen LogP contribution in [0.15, 0.2) is 10.2 Å². The fraction of sp³-hybridized carbons (Fsp3) is 0.667. The minimum Gasteiger partial charge on any atom is -0.361 e. The molecule has 0 aromatic carbocycles. The summed E-state index contributed by atoms with van der Waals surface area (Å²) < 4.78 is 0.